The number of benzene rings is 1. The number of carbonyl (C=O) groups is 2. The Morgan fingerprint density at radius 3 is 2.81 bits per heavy atom. The SMILES string of the molecule is Cc1ccc(Br)cc1N1CCC(=O)N2CCCCC2C1=O. The summed E-state index contributed by atoms with van der Waals surface area (Å²) in [4.78, 5) is 28.8. The van der Waals surface area contributed by atoms with E-state index in [4.69, 9.17) is 0 Å². The lowest BCUT2D eigenvalue weighted by molar-refractivity contribution is -0.138. The third kappa shape index (κ3) is 2.71. The fraction of sp³-hybridized carbons (Fsp3) is 0.500. The van der Waals surface area contributed by atoms with Gasteiger partial charge in [0.2, 0.25) is 11.8 Å². The molecule has 0 aromatic heterocycles. The maximum Gasteiger partial charge on any atom is 0.249 e. The number of carbonyl (C=O) groups excluding carboxylic acids is 2. The molecule has 1 unspecified atom stereocenters. The molecule has 1 aromatic carbocycles. The standard InChI is InChI=1S/C16H19BrN2O2/c1-11-5-6-12(17)10-14(11)19-9-7-15(20)18-8-3-2-4-13(18)16(19)21/h5-6,10,13H,2-4,7-9H2,1H3. The number of aryl methyl sites for hydroxylation is 1. The first-order valence-electron chi connectivity index (χ1n) is 7.45. The third-order valence-electron chi connectivity index (χ3n) is 4.39. The highest BCUT2D eigenvalue weighted by molar-refractivity contribution is 9.10. The van der Waals surface area contributed by atoms with Crippen LogP contribution in [0.3, 0.4) is 0 Å². The fourth-order valence-electron chi connectivity index (χ4n) is 3.24. The van der Waals surface area contributed by atoms with E-state index in [1.165, 1.54) is 0 Å². The molecular weight excluding hydrogens is 332 g/mol. The predicted molar refractivity (Wildman–Crippen MR) is 85.2 cm³/mol. The van der Waals surface area contributed by atoms with Crippen LogP contribution in [0.25, 0.3) is 0 Å². The summed E-state index contributed by atoms with van der Waals surface area (Å²) in [7, 11) is 0. The number of amides is 2. The van der Waals surface area contributed by atoms with Crippen molar-refractivity contribution in [1.82, 2.24) is 4.90 Å². The minimum atomic E-state index is -0.271. The molecule has 0 radical (unpaired) electrons. The second-order valence-corrected chi connectivity index (χ2v) is 6.69. The average molecular weight is 351 g/mol. The molecule has 3 rings (SSSR count). The van der Waals surface area contributed by atoms with E-state index in [2.05, 4.69) is 15.9 Å². The maximum atomic E-state index is 12.9. The van der Waals surface area contributed by atoms with Crippen LogP contribution in [-0.4, -0.2) is 35.8 Å². The number of anilines is 1. The highest BCUT2D eigenvalue weighted by Gasteiger charge is 2.38. The molecule has 0 saturated carbocycles. The Balaban J connectivity index is 1.97. The molecule has 21 heavy (non-hydrogen) atoms. The first-order chi connectivity index (χ1) is 10.1. The van der Waals surface area contributed by atoms with E-state index >= 15 is 0 Å². The minimum absolute atomic E-state index is 0.0711. The van der Waals surface area contributed by atoms with E-state index in [0.29, 0.717) is 13.0 Å². The highest BCUT2D eigenvalue weighted by Crippen LogP contribution is 2.30. The molecule has 5 heteroatoms. The van der Waals surface area contributed by atoms with E-state index < -0.39 is 0 Å². The lowest BCUT2D eigenvalue weighted by Gasteiger charge is -2.34. The number of halogens is 1. The molecule has 2 fully saturated rings. The van der Waals surface area contributed by atoms with Crippen molar-refractivity contribution in [3.63, 3.8) is 0 Å². The van der Waals surface area contributed by atoms with E-state index in [9.17, 15) is 9.59 Å². The summed E-state index contributed by atoms with van der Waals surface area (Å²) in [6.45, 7) is 3.20. The van der Waals surface area contributed by atoms with Gasteiger partial charge >= 0.3 is 0 Å². The Hall–Kier alpha value is -1.36. The summed E-state index contributed by atoms with van der Waals surface area (Å²) in [6.07, 6.45) is 3.22. The van der Waals surface area contributed by atoms with Gasteiger partial charge < -0.3 is 9.80 Å². The summed E-state index contributed by atoms with van der Waals surface area (Å²) in [5, 5.41) is 0. The zero-order valence-electron chi connectivity index (χ0n) is 12.1. The molecule has 0 N–H and O–H groups in total. The second-order valence-electron chi connectivity index (χ2n) is 5.77. The molecule has 0 aliphatic carbocycles. The van der Waals surface area contributed by atoms with Crippen LogP contribution in [0.15, 0.2) is 22.7 Å². The number of piperidine rings is 1. The van der Waals surface area contributed by atoms with Crippen molar-refractivity contribution < 1.29 is 9.59 Å². The van der Waals surface area contributed by atoms with Gasteiger partial charge in [0.25, 0.3) is 0 Å². The largest absolute Gasteiger partial charge is 0.331 e. The fourth-order valence-corrected chi connectivity index (χ4v) is 3.59. The summed E-state index contributed by atoms with van der Waals surface area (Å²) in [5.41, 5.74) is 1.97. The van der Waals surface area contributed by atoms with Crippen LogP contribution in [0.4, 0.5) is 5.69 Å². The van der Waals surface area contributed by atoms with Crippen LogP contribution in [0.2, 0.25) is 0 Å². The zero-order chi connectivity index (χ0) is 15.0. The quantitative estimate of drug-likeness (QED) is 0.781. The summed E-state index contributed by atoms with van der Waals surface area (Å²) in [5.74, 6) is 0.185. The summed E-state index contributed by atoms with van der Waals surface area (Å²) >= 11 is 3.47. The highest BCUT2D eigenvalue weighted by atomic mass is 79.9. The van der Waals surface area contributed by atoms with Crippen molar-refractivity contribution in [3.05, 3.63) is 28.2 Å². The summed E-state index contributed by atoms with van der Waals surface area (Å²) < 4.78 is 0.951. The third-order valence-corrected chi connectivity index (χ3v) is 4.88. The number of nitrogens with zero attached hydrogens (tertiary/aromatic N) is 2. The lowest BCUT2D eigenvalue weighted by Crippen LogP contribution is -2.50. The number of rotatable bonds is 1. The van der Waals surface area contributed by atoms with Gasteiger partial charge in [0.1, 0.15) is 6.04 Å². The van der Waals surface area contributed by atoms with Crippen molar-refractivity contribution in [1.29, 1.82) is 0 Å². The van der Waals surface area contributed by atoms with Crippen LogP contribution in [0.1, 0.15) is 31.2 Å². The van der Waals surface area contributed by atoms with E-state index in [0.717, 1.165) is 41.5 Å². The van der Waals surface area contributed by atoms with Crippen molar-refractivity contribution in [2.45, 2.75) is 38.6 Å². The normalized spacial score (nSPS) is 23.0. The van der Waals surface area contributed by atoms with Gasteiger partial charge in [-0.15, -0.1) is 0 Å². The number of fused-ring (bicyclic) bond motifs is 1. The number of hydrogen-bond acceptors (Lipinski definition) is 2. The van der Waals surface area contributed by atoms with Crippen LogP contribution in [-0.2, 0) is 9.59 Å². The van der Waals surface area contributed by atoms with Crippen molar-refractivity contribution in [2.75, 3.05) is 18.0 Å². The Morgan fingerprint density at radius 1 is 1.19 bits per heavy atom. The Labute approximate surface area is 133 Å². The molecule has 2 amide bonds. The van der Waals surface area contributed by atoms with E-state index in [-0.39, 0.29) is 17.9 Å². The lowest BCUT2D eigenvalue weighted by atomic mass is 10.0. The van der Waals surface area contributed by atoms with Gasteiger partial charge in [-0.25, -0.2) is 0 Å². The van der Waals surface area contributed by atoms with Crippen molar-refractivity contribution in [3.8, 4) is 0 Å². The molecule has 1 atom stereocenters. The van der Waals surface area contributed by atoms with Crippen LogP contribution in [0.5, 0.6) is 0 Å². The predicted octanol–water partition coefficient (Wildman–Crippen LogP) is 2.88. The Kier molecular flexibility index (Phi) is 4.02. The molecule has 2 aliphatic rings. The zero-order valence-corrected chi connectivity index (χ0v) is 13.7. The first-order valence-corrected chi connectivity index (χ1v) is 8.24. The smallest absolute Gasteiger partial charge is 0.249 e. The summed E-state index contributed by atoms with van der Waals surface area (Å²) in [6, 6.07) is 5.67. The molecule has 1 aromatic rings. The van der Waals surface area contributed by atoms with E-state index in [1.807, 2.05) is 25.1 Å². The minimum Gasteiger partial charge on any atom is -0.331 e. The molecule has 4 nitrogen and oxygen atoms in total. The van der Waals surface area contributed by atoms with Crippen LogP contribution < -0.4 is 4.90 Å². The monoisotopic (exact) mass is 350 g/mol. The van der Waals surface area contributed by atoms with Gasteiger partial charge in [0.05, 0.1) is 0 Å². The molecule has 0 bridgehead atoms. The Bertz CT molecular complexity index is 588. The Morgan fingerprint density at radius 2 is 2.00 bits per heavy atom. The molecule has 2 heterocycles. The topological polar surface area (TPSA) is 40.6 Å². The first kappa shape index (κ1) is 14.6. The van der Waals surface area contributed by atoms with Crippen LogP contribution >= 0.6 is 15.9 Å². The molecule has 2 aliphatic heterocycles. The molecule has 0 spiro atoms. The van der Waals surface area contributed by atoms with Gasteiger partial charge in [0, 0.05) is 29.7 Å². The number of hydrogen-bond donors (Lipinski definition) is 0. The van der Waals surface area contributed by atoms with E-state index in [1.54, 1.807) is 9.80 Å². The van der Waals surface area contributed by atoms with Gasteiger partial charge in [-0.05, 0) is 43.9 Å². The molecular formula is C16H19BrN2O2. The van der Waals surface area contributed by atoms with Gasteiger partial charge in [-0.1, -0.05) is 22.0 Å². The van der Waals surface area contributed by atoms with Gasteiger partial charge in [-0.3, -0.25) is 9.59 Å². The molecule has 2 saturated heterocycles. The average Bonchev–Trinajstić information content (AvgIpc) is 2.61. The van der Waals surface area contributed by atoms with Crippen molar-refractivity contribution >= 4 is 33.4 Å². The maximum absolute atomic E-state index is 12.9. The molecule has 112 valence electrons. The van der Waals surface area contributed by atoms with Crippen molar-refractivity contribution in [2.24, 2.45) is 0 Å². The van der Waals surface area contributed by atoms with Gasteiger partial charge in [0.15, 0.2) is 0 Å². The second kappa shape index (κ2) is 5.79. The van der Waals surface area contributed by atoms with Crippen LogP contribution in [0, 0.1) is 6.92 Å². The van der Waals surface area contributed by atoms with Gasteiger partial charge in [-0.2, -0.15) is 0 Å².